The molecule has 0 aliphatic carbocycles. The van der Waals surface area contributed by atoms with E-state index in [1.54, 1.807) is 10.9 Å². The monoisotopic (exact) mass is 341 g/mol. The van der Waals surface area contributed by atoms with Crippen molar-refractivity contribution in [1.82, 2.24) is 29.9 Å². The number of hydrazine groups is 1. The Morgan fingerprint density at radius 3 is 2.80 bits per heavy atom. The average molecular weight is 342 g/mol. The zero-order valence-electron chi connectivity index (χ0n) is 11.9. The van der Waals surface area contributed by atoms with E-state index in [4.69, 9.17) is 5.84 Å². The normalized spacial score (nSPS) is 13.1. The van der Waals surface area contributed by atoms with Gasteiger partial charge >= 0.3 is 0 Å². The number of nitrogens with two attached hydrogens (primary N) is 1. The summed E-state index contributed by atoms with van der Waals surface area (Å²) in [6, 6.07) is 1.75. The van der Waals surface area contributed by atoms with Crippen LogP contribution in [0.4, 0.5) is 0 Å². The zero-order chi connectivity index (χ0) is 14.7. The Balaban J connectivity index is 2.31. The van der Waals surface area contributed by atoms with Gasteiger partial charge in [-0.3, -0.25) is 15.2 Å². The molecule has 2 aromatic rings. The van der Waals surface area contributed by atoms with Crippen molar-refractivity contribution in [3.8, 4) is 0 Å². The summed E-state index contributed by atoms with van der Waals surface area (Å²) in [6.45, 7) is 1.69. The fraction of sp³-hybridized carbons (Fsp3) is 0.500. The summed E-state index contributed by atoms with van der Waals surface area (Å²) in [5.74, 6) is 5.73. The molecule has 0 aromatic carbocycles. The van der Waals surface area contributed by atoms with Crippen LogP contribution in [0.1, 0.15) is 17.4 Å². The summed E-state index contributed by atoms with van der Waals surface area (Å²) >= 11 is 3.54. The Kier molecular flexibility index (Phi) is 4.92. The molecule has 3 N–H and O–H groups in total. The smallest absolute Gasteiger partial charge is 0.108 e. The maximum absolute atomic E-state index is 5.73. The number of aryl methyl sites for hydroxylation is 1. The van der Waals surface area contributed by atoms with E-state index >= 15 is 0 Å². The minimum Gasteiger partial charge on any atom is -0.308 e. The molecule has 1 atom stereocenters. The first-order valence-electron chi connectivity index (χ1n) is 6.34. The van der Waals surface area contributed by atoms with Crippen LogP contribution in [-0.4, -0.2) is 45.1 Å². The standard InChI is InChI=1S/C12H20BrN7/c1-18(2)6-7-20-12(9(13)8-15-20)11(16-14)10-4-5-19(3)17-10/h4-5,8,11,16H,6-7,14H2,1-3H3. The van der Waals surface area contributed by atoms with Gasteiger partial charge in [0.1, 0.15) is 6.04 Å². The molecule has 0 bridgehead atoms. The molecule has 0 aliphatic heterocycles. The third kappa shape index (κ3) is 3.26. The molecule has 110 valence electrons. The van der Waals surface area contributed by atoms with Crippen LogP contribution in [-0.2, 0) is 13.6 Å². The predicted molar refractivity (Wildman–Crippen MR) is 80.9 cm³/mol. The highest BCUT2D eigenvalue weighted by Crippen LogP contribution is 2.27. The number of hydrogen-bond donors (Lipinski definition) is 2. The predicted octanol–water partition coefficient (Wildman–Crippen LogP) is 0.493. The van der Waals surface area contributed by atoms with Crippen LogP contribution in [0.2, 0.25) is 0 Å². The Bertz CT molecular complexity index is 560. The Hall–Kier alpha value is -1.22. The largest absolute Gasteiger partial charge is 0.308 e. The van der Waals surface area contributed by atoms with E-state index < -0.39 is 0 Å². The Labute approximate surface area is 126 Å². The van der Waals surface area contributed by atoms with Gasteiger partial charge < -0.3 is 4.90 Å². The molecular weight excluding hydrogens is 322 g/mol. The topological polar surface area (TPSA) is 76.9 Å². The molecule has 2 aromatic heterocycles. The van der Waals surface area contributed by atoms with E-state index in [0.29, 0.717) is 0 Å². The molecule has 7 nitrogen and oxygen atoms in total. The number of hydrogen-bond acceptors (Lipinski definition) is 5. The van der Waals surface area contributed by atoms with Gasteiger partial charge in [0.25, 0.3) is 0 Å². The Morgan fingerprint density at radius 2 is 2.25 bits per heavy atom. The molecule has 0 radical (unpaired) electrons. The van der Waals surface area contributed by atoms with Gasteiger partial charge in [0.05, 0.1) is 28.6 Å². The lowest BCUT2D eigenvalue weighted by Gasteiger charge is -2.18. The molecule has 2 heterocycles. The molecule has 0 saturated carbocycles. The molecule has 0 fully saturated rings. The maximum atomic E-state index is 5.73. The van der Waals surface area contributed by atoms with Crippen molar-refractivity contribution in [2.24, 2.45) is 12.9 Å². The third-order valence-electron chi connectivity index (χ3n) is 3.06. The van der Waals surface area contributed by atoms with Gasteiger partial charge in [0.2, 0.25) is 0 Å². The summed E-state index contributed by atoms with van der Waals surface area (Å²) in [7, 11) is 5.96. The van der Waals surface area contributed by atoms with Crippen LogP contribution < -0.4 is 11.3 Å². The molecule has 0 spiro atoms. The van der Waals surface area contributed by atoms with Gasteiger partial charge in [0.15, 0.2) is 0 Å². The lowest BCUT2D eigenvalue weighted by molar-refractivity contribution is 0.365. The van der Waals surface area contributed by atoms with Gasteiger partial charge in [-0.05, 0) is 36.1 Å². The van der Waals surface area contributed by atoms with Gasteiger partial charge in [-0.1, -0.05) is 0 Å². The highest BCUT2D eigenvalue weighted by atomic mass is 79.9. The van der Waals surface area contributed by atoms with Gasteiger partial charge in [-0.15, -0.1) is 0 Å². The molecule has 8 heteroatoms. The van der Waals surface area contributed by atoms with Crippen LogP contribution in [0.3, 0.4) is 0 Å². The fourth-order valence-electron chi connectivity index (χ4n) is 2.02. The van der Waals surface area contributed by atoms with Crippen LogP contribution in [0.15, 0.2) is 22.9 Å². The summed E-state index contributed by atoms with van der Waals surface area (Å²) in [5.41, 5.74) is 4.67. The van der Waals surface area contributed by atoms with Crippen molar-refractivity contribution in [3.05, 3.63) is 34.3 Å². The summed E-state index contributed by atoms with van der Waals surface area (Å²) in [4.78, 5) is 2.12. The summed E-state index contributed by atoms with van der Waals surface area (Å²) in [6.07, 6.45) is 3.69. The zero-order valence-corrected chi connectivity index (χ0v) is 13.5. The van der Waals surface area contributed by atoms with Crippen molar-refractivity contribution in [3.63, 3.8) is 0 Å². The van der Waals surface area contributed by atoms with Crippen molar-refractivity contribution < 1.29 is 0 Å². The number of aromatic nitrogens is 4. The van der Waals surface area contributed by atoms with E-state index in [1.165, 1.54) is 0 Å². The van der Waals surface area contributed by atoms with Crippen molar-refractivity contribution in [1.29, 1.82) is 0 Å². The lowest BCUT2D eigenvalue weighted by atomic mass is 10.1. The number of halogens is 1. The molecule has 0 saturated heterocycles. The van der Waals surface area contributed by atoms with Gasteiger partial charge in [-0.25, -0.2) is 5.43 Å². The minimum atomic E-state index is -0.199. The van der Waals surface area contributed by atoms with Crippen LogP contribution in [0.5, 0.6) is 0 Å². The highest BCUT2D eigenvalue weighted by molar-refractivity contribution is 9.10. The quantitative estimate of drug-likeness (QED) is 0.590. The summed E-state index contributed by atoms with van der Waals surface area (Å²) < 4.78 is 4.63. The van der Waals surface area contributed by atoms with E-state index in [0.717, 1.165) is 29.0 Å². The van der Waals surface area contributed by atoms with E-state index in [9.17, 15) is 0 Å². The SMILES string of the molecule is CN(C)CCn1ncc(Br)c1C(NN)c1ccn(C)n1. The molecule has 0 aliphatic rings. The number of nitrogens with one attached hydrogen (secondary N) is 1. The number of nitrogens with zero attached hydrogens (tertiary/aromatic N) is 5. The molecule has 1 unspecified atom stereocenters. The minimum absolute atomic E-state index is 0.199. The average Bonchev–Trinajstić information content (AvgIpc) is 2.97. The number of likely N-dealkylation sites (N-methyl/N-ethyl adjacent to an activating group) is 1. The van der Waals surface area contributed by atoms with E-state index in [2.05, 4.69) is 36.5 Å². The molecule has 20 heavy (non-hydrogen) atoms. The first-order valence-corrected chi connectivity index (χ1v) is 7.14. The summed E-state index contributed by atoms with van der Waals surface area (Å²) in [5, 5.41) is 8.82. The molecule has 0 amide bonds. The second-order valence-electron chi connectivity index (χ2n) is 4.92. The van der Waals surface area contributed by atoms with Crippen LogP contribution in [0.25, 0.3) is 0 Å². The number of rotatable bonds is 6. The highest BCUT2D eigenvalue weighted by Gasteiger charge is 2.22. The second kappa shape index (κ2) is 6.49. The molecular formula is C12H20BrN7. The molecule has 2 rings (SSSR count). The third-order valence-corrected chi connectivity index (χ3v) is 3.67. The van der Waals surface area contributed by atoms with Gasteiger partial charge in [-0.2, -0.15) is 10.2 Å². The maximum Gasteiger partial charge on any atom is 0.108 e. The van der Waals surface area contributed by atoms with Gasteiger partial charge in [0, 0.05) is 19.8 Å². The first-order chi connectivity index (χ1) is 9.52. The van der Waals surface area contributed by atoms with Crippen molar-refractivity contribution in [2.75, 3.05) is 20.6 Å². The van der Waals surface area contributed by atoms with Crippen LogP contribution in [0, 0.1) is 0 Å². The second-order valence-corrected chi connectivity index (χ2v) is 5.77. The first kappa shape index (κ1) is 15.2. The fourth-order valence-corrected chi connectivity index (χ4v) is 2.55. The Morgan fingerprint density at radius 1 is 1.50 bits per heavy atom. The van der Waals surface area contributed by atoms with Crippen molar-refractivity contribution >= 4 is 15.9 Å². The lowest BCUT2D eigenvalue weighted by Crippen LogP contribution is -2.32. The van der Waals surface area contributed by atoms with Crippen molar-refractivity contribution in [2.45, 2.75) is 12.6 Å². The van der Waals surface area contributed by atoms with E-state index in [1.807, 2.05) is 38.1 Å². The van der Waals surface area contributed by atoms with E-state index in [-0.39, 0.29) is 6.04 Å². The van der Waals surface area contributed by atoms with Crippen LogP contribution >= 0.6 is 15.9 Å².